The molecule has 0 radical (unpaired) electrons. The van der Waals surface area contributed by atoms with E-state index in [4.69, 9.17) is 5.11 Å². The van der Waals surface area contributed by atoms with Gasteiger partial charge >= 0.3 is 5.97 Å². The maximum atomic E-state index is 12.0. The van der Waals surface area contributed by atoms with Crippen LogP contribution in [0.4, 0.5) is 0 Å². The summed E-state index contributed by atoms with van der Waals surface area (Å²) in [6.07, 6.45) is 0. The fraction of sp³-hybridized carbons (Fsp3) is 0.300. The van der Waals surface area contributed by atoms with Gasteiger partial charge in [-0.05, 0) is 24.6 Å². The quantitative estimate of drug-likeness (QED) is 0.811. The van der Waals surface area contributed by atoms with Crippen LogP contribution in [0.3, 0.4) is 0 Å². The monoisotopic (exact) mass is 259 g/mol. The molecule has 0 spiro atoms. The third-order valence-electron chi connectivity index (χ3n) is 2.31. The Morgan fingerprint density at radius 2 is 2.00 bits per heavy atom. The van der Waals surface area contributed by atoms with Crippen LogP contribution in [-0.4, -0.2) is 38.1 Å². The lowest BCUT2D eigenvalue weighted by molar-refractivity contribution is -0.0259. The number of hydrogen-bond acceptors (Lipinski definition) is 4. The second-order valence-electron chi connectivity index (χ2n) is 3.38. The number of aromatic carboxylic acids is 1. The fourth-order valence-corrected chi connectivity index (χ4v) is 2.47. The van der Waals surface area contributed by atoms with Crippen molar-refractivity contribution >= 4 is 16.0 Å². The van der Waals surface area contributed by atoms with Crippen molar-refractivity contribution in [2.75, 3.05) is 14.2 Å². The average Bonchev–Trinajstić information content (AvgIpc) is 2.27. The van der Waals surface area contributed by atoms with Gasteiger partial charge in [0.2, 0.25) is 0 Å². The molecule has 1 aromatic rings. The Bertz CT molecular complexity index is 538. The number of benzene rings is 1. The Morgan fingerprint density at radius 3 is 2.47 bits per heavy atom. The smallest absolute Gasteiger partial charge is 0.335 e. The molecule has 0 aliphatic carbocycles. The summed E-state index contributed by atoms with van der Waals surface area (Å²) < 4.78 is 24.6. The first-order valence-corrected chi connectivity index (χ1v) is 6.11. The van der Waals surface area contributed by atoms with E-state index < -0.39 is 16.0 Å². The number of carboxylic acid groups (broad SMARTS) is 1. The van der Waals surface area contributed by atoms with E-state index in [0.29, 0.717) is 10.0 Å². The molecule has 1 rings (SSSR count). The third kappa shape index (κ3) is 2.63. The van der Waals surface area contributed by atoms with Gasteiger partial charge in [0.25, 0.3) is 10.0 Å². The maximum Gasteiger partial charge on any atom is 0.335 e. The Labute approximate surface area is 99.4 Å². The van der Waals surface area contributed by atoms with Crippen LogP contribution in [0.1, 0.15) is 15.9 Å². The zero-order valence-electron chi connectivity index (χ0n) is 9.67. The van der Waals surface area contributed by atoms with Crippen molar-refractivity contribution in [3.05, 3.63) is 29.3 Å². The molecule has 0 unspecified atom stereocenters. The molecule has 0 atom stereocenters. The van der Waals surface area contributed by atoms with Crippen LogP contribution < -0.4 is 0 Å². The second-order valence-corrected chi connectivity index (χ2v) is 5.29. The van der Waals surface area contributed by atoms with Crippen molar-refractivity contribution in [1.29, 1.82) is 0 Å². The van der Waals surface area contributed by atoms with Gasteiger partial charge in [-0.1, -0.05) is 10.5 Å². The van der Waals surface area contributed by atoms with Gasteiger partial charge in [-0.3, -0.25) is 4.84 Å². The number of carboxylic acids is 1. The van der Waals surface area contributed by atoms with E-state index in [0.717, 1.165) is 6.07 Å². The Morgan fingerprint density at radius 1 is 1.41 bits per heavy atom. The van der Waals surface area contributed by atoms with Crippen molar-refractivity contribution < 1.29 is 23.2 Å². The molecule has 7 heteroatoms. The van der Waals surface area contributed by atoms with Crippen molar-refractivity contribution in [3.63, 3.8) is 0 Å². The Hall–Kier alpha value is -1.44. The van der Waals surface area contributed by atoms with Gasteiger partial charge < -0.3 is 5.11 Å². The van der Waals surface area contributed by atoms with Crippen LogP contribution >= 0.6 is 0 Å². The standard InChI is InChI=1S/C10H13NO5S/c1-7-4-5-8(10(12)13)6-9(7)17(14,15)11(2)16-3/h4-6H,1-3H3,(H,12,13). The van der Waals surface area contributed by atoms with Crippen LogP contribution in [0.25, 0.3) is 0 Å². The summed E-state index contributed by atoms with van der Waals surface area (Å²) in [4.78, 5) is 15.3. The number of nitrogens with zero attached hydrogens (tertiary/aromatic N) is 1. The molecule has 1 aromatic carbocycles. The summed E-state index contributed by atoms with van der Waals surface area (Å²) in [5.74, 6) is -1.18. The zero-order chi connectivity index (χ0) is 13.2. The van der Waals surface area contributed by atoms with Crippen molar-refractivity contribution in [2.45, 2.75) is 11.8 Å². The normalized spacial score (nSPS) is 11.8. The molecule has 17 heavy (non-hydrogen) atoms. The highest BCUT2D eigenvalue weighted by Crippen LogP contribution is 2.20. The molecule has 6 nitrogen and oxygen atoms in total. The molecule has 0 amide bonds. The SMILES string of the molecule is CON(C)S(=O)(=O)c1cc(C(=O)O)ccc1C. The average molecular weight is 259 g/mol. The molecule has 94 valence electrons. The predicted molar refractivity (Wildman–Crippen MR) is 60.1 cm³/mol. The molecule has 0 bridgehead atoms. The van der Waals surface area contributed by atoms with Crippen molar-refractivity contribution in [2.24, 2.45) is 0 Å². The van der Waals surface area contributed by atoms with Crippen molar-refractivity contribution in [1.82, 2.24) is 4.47 Å². The number of carbonyl (C=O) groups is 1. The Kier molecular flexibility index (Phi) is 3.87. The van der Waals surface area contributed by atoms with E-state index in [1.54, 1.807) is 6.92 Å². The minimum absolute atomic E-state index is 0.0817. The van der Waals surface area contributed by atoms with E-state index in [1.807, 2.05) is 0 Å². The van der Waals surface area contributed by atoms with E-state index in [1.165, 1.54) is 26.3 Å². The number of hydroxylamine groups is 1. The van der Waals surface area contributed by atoms with E-state index in [9.17, 15) is 13.2 Å². The van der Waals surface area contributed by atoms with Gasteiger partial charge in [0.15, 0.2) is 0 Å². The van der Waals surface area contributed by atoms with E-state index in [-0.39, 0.29) is 10.5 Å². The van der Waals surface area contributed by atoms with Gasteiger partial charge in [-0.15, -0.1) is 0 Å². The molecular formula is C10H13NO5S. The first kappa shape index (κ1) is 13.6. The second kappa shape index (κ2) is 4.82. The lowest BCUT2D eigenvalue weighted by Crippen LogP contribution is -2.26. The molecule has 1 N–H and O–H groups in total. The summed E-state index contributed by atoms with van der Waals surface area (Å²) in [5.41, 5.74) is 0.373. The number of aryl methyl sites for hydroxylation is 1. The number of hydrogen-bond donors (Lipinski definition) is 1. The van der Waals surface area contributed by atoms with Gasteiger partial charge in [-0.2, -0.15) is 0 Å². The molecule has 0 aliphatic rings. The third-order valence-corrected chi connectivity index (χ3v) is 4.13. The van der Waals surface area contributed by atoms with Gasteiger partial charge in [0.05, 0.1) is 17.6 Å². The van der Waals surface area contributed by atoms with Crippen LogP contribution in [-0.2, 0) is 14.9 Å². The van der Waals surface area contributed by atoms with Gasteiger partial charge in [0.1, 0.15) is 0 Å². The minimum atomic E-state index is -3.83. The topological polar surface area (TPSA) is 83.9 Å². The lowest BCUT2D eigenvalue weighted by atomic mass is 10.1. The summed E-state index contributed by atoms with van der Waals surface area (Å²) in [6, 6.07) is 3.91. The summed E-state index contributed by atoms with van der Waals surface area (Å²) >= 11 is 0. The van der Waals surface area contributed by atoms with E-state index >= 15 is 0 Å². The highest BCUT2D eigenvalue weighted by molar-refractivity contribution is 7.89. The lowest BCUT2D eigenvalue weighted by Gasteiger charge is -2.16. The Balaban J connectivity index is 3.40. The first-order valence-electron chi connectivity index (χ1n) is 4.67. The molecular weight excluding hydrogens is 246 g/mol. The minimum Gasteiger partial charge on any atom is -0.478 e. The molecule has 0 heterocycles. The fourth-order valence-electron chi connectivity index (χ4n) is 1.25. The van der Waals surface area contributed by atoms with Crippen LogP contribution in [0.5, 0.6) is 0 Å². The number of sulfonamides is 1. The molecule has 0 saturated heterocycles. The van der Waals surface area contributed by atoms with Crippen LogP contribution in [0.15, 0.2) is 23.1 Å². The zero-order valence-corrected chi connectivity index (χ0v) is 10.5. The molecule has 0 aromatic heterocycles. The predicted octanol–water partition coefficient (Wildman–Crippen LogP) is 0.875. The summed E-state index contributed by atoms with van der Waals surface area (Å²) in [6.45, 7) is 1.59. The van der Waals surface area contributed by atoms with Crippen LogP contribution in [0.2, 0.25) is 0 Å². The van der Waals surface area contributed by atoms with Gasteiger partial charge in [-0.25, -0.2) is 13.2 Å². The summed E-state index contributed by atoms with van der Waals surface area (Å²) in [5, 5.41) is 8.82. The van der Waals surface area contributed by atoms with E-state index in [2.05, 4.69) is 4.84 Å². The summed E-state index contributed by atoms with van der Waals surface area (Å²) in [7, 11) is -1.37. The molecule has 0 saturated carbocycles. The van der Waals surface area contributed by atoms with Crippen LogP contribution in [0, 0.1) is 6.92 Å². The van der Waals surface area contributed by atoms with Crippen molar-refractivity contribution in [3.8, 4) is 0 Å². The number of rotatable bonds is 4. The molecule has 0 fully saturated rings. The highest BCUT2D eigenvalue weighted by Gasteiger charge is 2.24. The van der Waals surface area contributed by atoms with Gasteiger partial charge in [0, 0.05) is 7.05 Å². The highest BCUT2D eigenvalue weighted by atomic mass is 32.2. The molecule has 0 aliphatic heterocycles. The largest absolute Gasteiger partial charge is 0.478 e. The first-order chi connectivity index (χ1) is 7.80. The maximum absolute atomic E-state index is 12.0.